The lowest BCUT2D eigenvalue weighted by molar-refractivity contribution is -0.117. The Hall–Kier alpha value is -3.94. The third-order valence-corrected chi connectivity index (χ3v) is 6.78. The van der Waals surface area contributed by atoms with E-state index in [1.54, 1.807) is 30.1 Å². The Kier molecular flexibility index (Phi) is 5.70. The van der Waals surface area contributed by atoms with Gasteiger partial charge in [-0.05, 0) is 24.6 Å². The molecule has 10 nitrogen and oxygen atoms in total. The number of aryl methyl sites for hydroxylation is 1. The van der Waals surface area contributed by atoms with Gasteiger partial charge in [-0.25, -0.2) is 31.6 Å². The number of hydrogen-bond donors (Lipinski definition) is 3. The van der Waals surface area contributed by atoms with Crippen molar-refractivity contribution in [3.8, 4) is 11.3 Å². The van der Waals surface area contributed by atoms with Gasteiger partial charge in [0.2, 0.25) is 5.91 Å². The van der Waals surface area contributed by atoms with Crippen molar-refractivity contribution in [2.75, 3.05) is 16.9 Å². The minimum Gasteiger partial charge on any atom is -0.352 e. The Morgan fingerprint density at radius 1 is 1.19 bits per heavy atom. The molecule has 5 rings (SSSR count). The molecule has 2 atom stereocenters. The van der Waals surface area contributed by atoms with Crippen LogP contribution in [-0.4, -0.2) is 51.5 Å². The summed E-state index contributed by atoms with van der Waals surface area (Å²) in [5.41, 5.74) is 1.32. The third-order valence-electron chi connectivity index (χ3n) is 5.64. The molecule has 3 N–H and O–H groups in total. The normalized spacial score (nSPS) is 17.5. The first kappa shape index (κ1) is 23.8. The molecular weight excluding hydrogens is 499 g/mol. The predicted octanol–water partition coefficient (Wildman–Crippen LogP) is 3.74. The number of fused-ring (bicyclic) bond motifs is 1. The van der Waals surface area contributed by atoms with Crippen molar-refractivity contribution < 1.29 is 26.4 Å². The number of H-pyrrole nitrogens is 1. The van der Waals surface area contributed by atoms with Gasteiger partial charge in [0.25, 0.3) is 6.43 Å². The number of carbonyl (C=O) groups is 1. The third kappa shape index (κ3) is 4.63. The highest BCUT2D eigenvalue weighted by Gasteiger charge is 2.43. The van der Waals surface area contributed by atoms with E-state index in [1.165, 1.54) is 18.2 Å². The van der Waals surface area contributed by atoms with Gasteiger partial charge in [-0.3, -0.25) is 9.48 Å². The number of aromatic nitrogens is 5. The molecular formula is C22H20F3N7O3S. The molecule has 3 aromatic heterocycles. The van der Waals surface area contributed by atoms with E-state index in [4.69, 9.17) is 0 Å². The first-order valence-corrected chi connectivity index (χ1v) is 12.6. The molecule has 188 valence electrons. The van der Waals surface area contributed by atoms with Crippen molar-refractivity contribution in [3.05, 3.63) is 42.4 Å². The fraction of sp³-hybridized carbons (Fsp3) is 0.273. The monoisotopic (exact) mass is 519 g/mol. The van der Waals surface area contributed by atoms with E-state index in [2.05, 4.69) is 30.7 Å². The summed E-state index contributed by atoms with van der Waals surface area (Å²) in [6.07, 6.45) is -1.31. The van der Waals surface area contributed by atoms with Crippen LogP contribution in [0.15, 0.2) is 41.4 Å². The van der Waals surface area contributed by atoms with Crippen LogP contribution in [0.1, 0.15) is 18.7 Å². The van der Waals surface area contributed by atoms with E-state index < -0.39 is 40.1 Å². The van der Waals surface area contributed by atoms with Crippen LogP contribution >= 0.6 is 0 Å². The van der Waals surface area contributed by atoms with Crippen molar-refractivity contribution in [1.29, 1.82) is 0 Å². The van der Waals surface area contributed by atoms with Gasteiger partial charge in [-0.2, -0.15) is 5.10 Å². The van der Waals surface area contributed by atoms with E-state index in [0.29, 0.717) is 11.3 Å². The lowest BCUT2D eigenvalue weighted by atomic mass is 10.1. The first-order chi connectivity index (χ1) is 17.0. The molecule has 4 aromatic rings. The van der Waals surface area contributed by atoms with Crippen LogP contribution in [-0.2, 0) is 21.7 Å². The summed E-state index contributed by atoms with van der Waals surface area (Å²) >= 11 is 0. The fourth-order valence-corrected chi connectivity index (χ4v) is 4.59. The highest BCUT2D eigenvalue weighted by Crippen LogP contribution is 2.36. The first-order valence-electron chi connectivity index (χ1n) is 10.7. The van der Waals surface area contributed by atoms with Crippen molar-refractivity contribution in [1.82, 2.24) is 24.7 Å². The Morgan fingerprint density at radius 2 is 1.94 bits per heavy atom. The van der Waals surface area contributed by atoms with Crippen molar-refractivity contribution >= 4 is 44.1 Å². The Labute approximate surface area is 202 Å². The van der Waals surface area contributed by atoms with Crippen LogP contribution < -0.4 is 10.6 Å². The molecule has 0 bridgehead atoms. The number of sulfone groups is 1. The second-order valence-electron chi connectivity index (χ2n) is 8.51. The molecule has 14 heteroatoms. The number of halogens is 3. The number of pyridine rings is 1. The molecule has 0 radical (unpaired) electrons. The lowest BCUT2D eigenvalue weighted by Crippen LogP contribution is -2.16. The van der Waals surface area contributed by atoms with Gasteiger partial charge in [0.1, 0.15) is 17.5 Å². The second-order valence-corrected chi connectivity index (χ2v) is 10.5. The molecule has 0 unspecified atom stereocenters. The van der Waals surface area contributed by atoms with E-state index in [9.17, 15) is 26.4 Å². The number of benzene rings is 1. The molecule has 1 amide bonds. The van der Waals surface area contributed by atoms with Crippen LogP contribution in [0.2, 0.25) is 0 Å². The predicted molar refractivity (Wildman–Crippen MR) is 126 cm³/mol. The minimum atomic E-state index is -3.75. The fourth-order valence-electron chi connectivity index (χ4n) is 3.73. The molecule has 0 spiro atoms. The van der Waals surface area contributed by atoms with Gasteiger partial charge in [-0.15, -0.1) is 0 Å². The zero-order chi connectivity index (χ0) is 25.8. The van der Waals surface area contributed by atoms with Gasteiger partial charge in [0.15, 0.2) is 21.3 Å². The summed E-state index contributed by atoms with van der Waals surface area (Å²) in [6.45, 7) is 0. The number of amides is 1. The van der Waals surface area contributed by atoms with E-state index >= 15 is 0 Å². The van der Waals surface area contributed by atoms with Crippen molar-refractivity contribution in [3.63, 3.8) is 0 Å². The highest BCUT2D eigenvalue weighted by molar-refractivity contribution is 7.90. The average Bonchev–Trinajstić information content (AvgIpc) is 3.17. The summed E-state index contributed by atoms with van der Waals surface area (Å²) in [6, 6.07) is 7.68. The van der Waals surface area contributed by atoms with E-state index in [0.717, 1.165) is 6.26 Å². The number of nitrogens with one attached hydrogen (secondary N) is 3. The number of alkyl halides is 3. The summed E-state index contributed by atoms with van der Waals surface area (Å²) in [4.78, 5) is 22.5. The molecule has 0 aliphatic heterocycles. The quantitative estimate of drug-likeness (QED) is 0.339. The molecule has 1 aliphatic rings. The number of aromatic amines is 1. The number of nitrogens with zero attached hydrogens (tertiary/aromatic N) is 4. The average molecular weight is 520 g/mol. The van der Waals surface area contributed by atoms with E-state index in [-0.39, 0.29) is 39.7 Å². The van der Waals surface area contributed by atoms with Gasteiger partial charge < -0.3 is 15.6 Å². The molecule has 1 aliphatic carbocycles. The SMILES string of the molecule is Cn1ccc(-c2ccc(Nc3cc(NC(=O)[C@@H]4C[C@@H]4F)nc4[nH]c(C(F)F)nc34)c(S(C)(=O)=O)c2)n1. The van der Waals surface area contributed by atoms with E-state index in [1.807, 2.05) is 0 Å². The topological polar surface area (TPSA) is 135 Å². The molecule has 1 fully saturated rings. The number of hydrogen-bond acceptors (Lipinski definition) is 7. The number of imidazole rings is 1. The van der Waals surface area contributed by atoms with Crippen molar-refractivity contribution in [2.45, 2.75) is 23.9 Å². The molecule has 1 saturated carbocycles. The largest absolute Gasteiger partial charge is 0.352 e. The smallest absolute Gasteiger partial charge is 0.295 e. The highest BCUT2D eigenvalue weighted by atomic mass is 32.2. The Balaban J connectivity index is 1.58. The number of rotatable bonds is 7. The van der Waals surface area contributed by atoms with Crippen LogP contribution in [0.3, 0.4) is 0 Å². The lowest BCUT2D eigenvalue weighted by Gasteiger charge is -2.14. The molecule has 36 heavy (non-hydrogen) atoms. The second kappa shape index (κ2) is 8.62. The van der Waals surface area contributed by atoms with Gasteiger partial charge in [0.05, 0.1) is 27.9 Å². The zero-order valence-electron chi connectivity index (χ0n) is 19.0. The van der Waals surface area contributed by atoms with Crippen LogP contribution in [0.4, 0.5) is 30.4 Å². The number of anilines is 3. The zero-order valence-corrected chi connectivity index (χ0v) is 19.8. The van der Waals surface area contributed by atoms with Crippen LogP contribution in [0, 0.1) is 5.92 Å². The minimum absolute atomic E-state index is 0.00587. The standard InChI is InChI=1S/C22H20F3N7O3S/c1-32-6-5-13(31-32)10-3-4-14(16(7-10)36(2,34)35)26-15-9-17(28-22(33)11-8-12(11)23)27-20-18(15)29-21(30-20)19(24)25/h3-7,9,11-12,19H,8H2,1-2H3,(H3,26,27,28,29,30,33)/t11-,12+/m1/s1. The molecule has 0 saturated heterocycles. The molecule has 1 aromatic carbocycles. The van der Waals surface area contributed by atoms with Crippen LogP contribution in [0.25, 0.3) is 22.4 Å². The van der Waals surface area contributed by atoms with Crippen LogP contribution in [0.5, 0.6) is 0 Å². The number of carbonyl (C=O) groups excluding carboxylic acids is 1. The summed E-state index contributed by atoms with van der Waals surface area (Å²) in [7, 11) is -2.02. The Bertz CT molecular complexity index is 1600. The molecule has 3 heterocycles. The summed E-state index contributed by atoms with van der Waals surface area (Å²) in [5, 5.41) is 9.69. The Morgan fingerprint density at radius 3 is 2.56 bits per heavy atom. The van der Waals surface area contributed by atoms with Gasteiger partial charge in [-0.1, -0.05) is 6.07 Å². The van der Waals surface area contributed by atoms with Gasteiger partial charge in [0, 0.05) is 31.1 Å². The summed E-state index contributed by atoms with van der Waals surface area (Å²) < 4.78 is 66.8. The maximum Gasteiger partial charge on any atom is 0.295 e. The summed E-state index contributed by atoms with van der Waals surface area (Å²) in [5.74, 6) is -2.08. The van der Waals surface area contributed by atoms with Crippen molar-refractivity contribution in [2.24, 2.45) is 13.0 Å². The van der Waals surface area contributed by atoms with Gasteiger partial charge >= 0.3 is 0 Å². The maximum atomic E-state index is 13.3. The maximum absolute atomic E-state index is 13.3.